The Morgan fingerprint density at radius 3 is 3.04 bits per heavy atom. The fourth-order valence-corrected chi connectivity index (χ4v) is 4.62. The number of hydrogen-bond donors (Lipinski definition) is 2. The molecule has 1 aliphatic rings. The minimum atomic E-state index is -3.75. The monoisotopic (exact) mass is 381 g/mol. The molecule has 0 bridgehead atoms. The Morgan fingerprint density at radius 1 is 1.50 bits per heavy atom. The molecule has 0 aromatic carbocycles. The lowest BCUT2D eigenvalue weighted by Gasteiger charge is -2.31. The lowest BCUT2D eigenvalue weighted by atomic mass is 9.99. The molecule has 3 heterocycles. The van der Waals surface area contributed by atoms with Gasteiger partial charge in [-0.25, -0.2) is 13.4 Å². The summed E-state index contributed by atoms with van der Waals surface area (Å²) in [4.78, 5) is 16.3. The van der Waals surface area contributed by atoms with Crippen LogP contribution in [0.4, 0.5) is 0 Å². The predicted molar refractivity (Wildman–Crippen MR) is 94.7 cm³/mol. The van der Waals surface area contributed by atoms with E-state index in [9.17, 15) is 13.2 Å². The van der Waals surface area contributed by atoms with Crippen molar-refractivity contribution in [3.05, 3.63) is 18.0 Å². The fourth-order valence-electron chi connectivity index (χ4n) is 3.12. The van der Waals surface area contributed by atoms with Gasteiger partial charge in [0, 0.05) is 26.2 Å². The highest BCUT2D eigenvalue weighted by Gasteiger charge is 2.33. The number of nitrogens with zero attached hydrogens (tertiary/aromatic N) is 3. The second-order valence-corrected chi connectivity index (χ2v) is 8.23. The zero-order chi connectivity index (χ0) is 18.7. The molecule has 0 aliphatic carbocycles. The molecule has 1 fully saturated rings. The first kappa shape index (κ1) is 18.7. The van der Waals surface area contributed by atoms with E-state index >= 15 is 0 Å². The van der Waals surface area contributed by atoms with Crippen molar-refractivity contribution in [1.29, 1.82) is 0 Å². The summed E-state index contributed by atoms with van der Waals surface area (Å²) >= 11 is 0. The Balaban J connectivity index is 1.84. The van der Waals surface area contributed by atoms with E-state index in [1.165, 1.54) is 10.5 Å². The molecule has 1 aliphatic heterocycles. The predicted octanol–water partition coefficient (Wildman–Crippen LogP) is 0.261. The van der Waals surface area contributed by atoms with E-state index in [-0.39, 0.29) is 23.3 Å². The molecular formula is C16H23N5O4S. The maximum atomic E-state index is 13.0. The van der Waals surface area contributed by atoms with Crippen molar-refractivity contribution < 1.29 is 17.7 Å². The van der Waals surface area contributed by atoms with E-state index in [2.05, 4.69) is 15.5 Å². The number of aryl methyl sites for hydroxylation is 1. The van der Waals surface area contributed by atoms with Crippen LogP contribution in [-0.4, -0.2) is 54.9 Å². The van der Waals surface area contributed by atoms with Crippen molar-refractivity contribution in [2.45, 2.75) is 31.1 Å². The molecule has 0 saturated carbocycles. The summed E-state index contributed by atoms with van der Waals surface area (Å²) in [7, 11) is -3.75. The minimum absolute atomic E-state index is 0.0888. The van der Waals surface area contributed by atoms with Crippen molar-refractivity contribution in [2.75, 3.05) is 26.2 Å². The van der Waals surface area contributed by atoms with Crippen LogP contribution in [0.25, 0.3) is 11.1 Å². The van der Waals surface area contributed by atoms with E-state index in [0.717, 1.165) is 0 Å². The Morgan fingerprint density at radius 2 is 2.31 bits per heavy atom. The smallest absolute Gasteiger partial charge is 0.258 e. The van der Waals surface area contributed by atoms with E-state index in [0.29, 0.717) is 55.7 Å². The summed E-state index contributed by atoms with van der Waals surface area (Å²) in [6.45, 7) is 3.18. The van der Waals surface area contributed by atoms with E-state index in [1.807, 2.05) is 6.92 Å². The highest BCUT2D eigenvalue weighted by molar-refractivity contribution is 7.89. The van der Waals surface area contributed by atoms with Crippen LogP contribution >= 0.6 is 0 Å². The first-order valence-electron chi connectivity index (χ1n) is 8.69. The van der Waals surface area contributed by atoms with Gasteiger partial charge in [-0.1, -0.05) is 12.1 Å². The highest BCUT2D eigenvalue weighted by atomic mass is 32.2. The van der Waals surface area contributed by atoms with Crippen LogP contribution in [0.3, 0.4) is 0 Å². The maximum absolute atomic E-state index is 13.0. The molecule has 3 rings (SSSR count). The summed E-state index contributed by atoms with van der Waals surface area (Å²) in [6.07, 6.45) is 3.18. The number of carbonyl (C=O) groups is 1. The van der Waals surface area contributed by atoms with Gasteiger partial charge in [-0.2, -0.15) is 4.31 Å². The number of carbonyl (C=O) groups excluding carboxylic acids is 1. The molecule has 2 aromatic rings. The Hall–Kier alpha value is -2.04. The number of hydrogen-bond acceptors (Lipinski definition) is 7. The van der Waals surface area contributed by atoms with Gasteiger partial charge in [0.2, 0.25) is 15.9 Å². The molecule has 0 radical (unpaired) electrons. The van der Waals surface area contributed by atoms with Crippen LogP contribution in [0.15, 0.2) is 21.7 Å². The molecule has 3 N–H and O–H groups in total. The molecule has 9 nitrogen and oxygen atoms in total. The van der Waals surface area contributed by atoms with Crippen LogP contribution in [0.2, 0.25) is 0 Å². The standard InChI is InChI=1S/C16H23N5O4S/c1-2-14-13-8-12(9-19-16(13)25-20-14)26(23,24)21-7-3-4-11(10-21)15(22)18-6-5-17/h8-9,11H,2-7,10,17H2,1H3,(H,18,22). The molecule has 142 valence electrons. The first-order valence-corrected chi connectivity index (χ1v) is 10.1. The third-order valence-corrected chi connectivity index (χ3v) is 6.38. The van der Waals surface area contributed by atoms with Gasteiger partial charge in [0.15, 0.2) is 0 Å². The van der Waals surface area contributed by atoms with Crippen molar-refractivity contribution in [3.63, 3.8) is 0 Å². The zero-order valence-electron chi connectivity index (χ0n) is 14.6. The molecular weight excluding hydrogens is 358 g/mol. The number of pyridine rings is 1. The third-order valence-electron chi connectivity index (χ3n) is 4.55. The minimum Gasteiger partial charge on any atom is -0.355 e. The molecule has 2 aromatic heterocycles. The number of rotatable bonds is 6. The molecule has 26 heavy (non-hydrogen) atoms. The van der Waals surface area contributed by atoms with Gasteiger partial charge >= 0.3 is 0 Å². The average molecular weight is 381 g/mol. The maximum Gasteiger partial charge on any atom is 0.258 e. The molecule has 1 saturated heterocycles. The molecule has 0 spiro atoms. The topological polar surface area (TPSA) is 131 Å². The van der Waals surface area contributed by atoms with Gasteiger partial charge in [0.1, 0.15) is 4.90 Å². The average Bonchev–Trinajstić information content (AvgIpc) is 3.08. The van der Waals surface area contributed by atoms with Crippen LogP contribution < -0.4 is 11.1 Å². The van der Waals surface area contributed by atoms with Gasteiger partial charge in [-0.3, -0.25) is 4.79 Å². The number of fused-ring (bicyclic) bond motifs is 1. The van der Waals surface area contributed by atoms with Crippen LogP contribution in [0, 0.1) is 5.92 Å². The summed E-state index contributed by atoms with van der Waals surface area (Å²) in [5, 5.41) is 7.24. The number of sulfonamides is 1. The SMILES string of the molecule is CCc1noc2ncc(S(=O)(=O)N3CCCC(C(=O)NCCN)C3)cc12. The molecule has 1 atom stereocenters. The second kappa shape index (κ2) is 7.68. The second-order valence-electron chi connectivity index (χ2n) is 6.29. The van der Waals surface area contributed by atoms with Crippen molar-refractivity contribution in [2.24, 2.45) is 11.7 Å². The molecule has 10 heteroatoms. The lowest BCUT2D eigenvalue weighted by Crippen LogP contribution is -2.46. The number of nitrogens with two attached hydrogens (primary N) is 1. The van der Waals surface area contributed by atoms with E-state index in [1.54, 1.807) is 6.07 Å². The van der Waals surface area contributed by atoms with Gasteiger partial charge in [-0.15, -0.1) is 0 Å². The van der Waals surface area contributed by atoms with Gasteiger partial charge in [0.25, 0.3) is 5.71 Å². The van der Waals surface area contributed by atoms with Gasteiger partial charge < -0.3 is 15.6 Å². The number of aromatic nitrogens is 2. The largest absolute Gasteiger partial charge is 0.355 e. The lowest BCUT2D eigenvalue weighted by molar-refractivity contribution is -0.126. The zero-order valence-corrected chi connectivity index (χ0v) is 15.5. The normalized spacial score (nSPS) is 18.9. The third kappa shape index (κ3) is 3.57. The van der Waals surface area contributed by atoms with Crippen LogP contribution in [0.5, 0.6) is 0 Å². The number of nitrogens with one attached hydrogen (secondary N) is 1. The van der Waals surface area contributed by atoms with Crippen molar-refractivity contribution in [1.82, 2.24) is 19.8 Å². The Labute approximate surface area is 152 Å². The summed E-state index contributed by atoms with van der Waals surface area (Å²) in [6, 6.07) is 1.55. The quantitative estimate of drug-likeness (QED) is 0.733. The van der Waals surface area contributed by atoms with Crippen molar-refractivity contribution >= 4 is 27.0 Å². The number of amides is 1. The Bertz CT molecular complexity index is 895. The van der Waals surface area contributed by atoms with Crippen LogP contribution in [0.1, 0.15) is 25.5 Å². The van der Waals surface area contributed by atoms with Crippen molar-refractivity contribution in [3.8, 4) is 0 Å². The first-order chi connectivity index (χ1) is 12.5. The summed E-state index contributed by atoms with van der Waals surface area (Å²) in [5.41, 5.74) is 6.39. The molecule has 1 amide bonds. The molecule has 1 unspecified atom stereocenters. The Kier molecular flexibility index (Phi) is 5.54. The van der Waals surface area contributed by atoms with E-state index < -0.39 is 10.0 Å². The van der Waals surface area contributed by atoms with Gasteiger partial charge in [-0.05, 0) is 25.3 Å². The summed E-state index contributed by atoms with van der Waals surface area (Å²) < 4.78 is 32.5. The van der Waals surface area contributed by atoms with E-state index in [4.69, 9.17) is 10.3 Å². The number of piperidine rings is 1. The van der Waals surface area contributed by atoms with Crippen LogP contribution in [-0.2, 0) is 21.2 Å². The fraction of sp³-hybridized carbons (Fsp3) is 0.562. The summed E-state index contributed by atoms with van der Waals surface area (Å²) in [5.74, 6) is -0.528. The highest BCUT2D eigenvalue weighted by Crippen LogP contribution is 2.26. The van der Waals surface area contributed by atoms with Gasteiger partial charge in [0.05, 0.1) is 23.2 Å².